The summed E-state index contributed by atoms with van der Waals surface area (Å²) in [5, 5.41) is 10.0. The molecule has 3 saturated heterocycles. The standard InChI is InChI=1S/C27H42N2O5S/c1-7-10-11-16-34-25(33)21-20-23(31)29(19(5)17-30)22(27(20)14-13-26(21,6)35-27)24(32)28(15-9-3)18(4)12-8-2/h7,9,18-22,30H,1,3,8,10-17H2,2,4-6H3/t18?,19-,20+,21+,22?,26-,27?/m1/s1. The Morgan fingerprint density at radius 2 is 2.03 bits per heavy atom. The molecule has 3 fully saturated rings. The minimum Gasteiger partial charge on any atom is -0.465 e. The zero-order valence-electron chi connectivity index (χ0n) is 21.7. The molecule has 1 N–H and O–H groups in total. The molecule has 0 aromatic rings. The van der Waals surface area contributed by atoms with Gasteiger partial charge in [-0.05, 0) is 52.9 Å². The summed E-state index contributed by atoms with van der Waals surface area (Å²) in [7, 11) is 0. The van der Waals surface area contributed by atoms with E-state index in [1.807, 2.05) is 18.7 Å². The second-order valence-electron chi connectivity index (χ2n) is 10.5. The molecule has 1 spiro atoms. The fraction of sp³-hybridized carbons (Fsp3) is 0.741. The molecule has 2 bridgehead atoms. The molecule has 3 aliphatic heterocycles. The maximum atomic E-state index is 14.2. The van der Waals surface area contributed by atoms with Crippen LogP contribution >= 0.6 is 11.8 Å². The molecule has 35 heavy (non-hydrogen) atoms. The zero-order valence-corrected chi connectivity index (χ0v) is 22.5. The van der Waals surface area contributed by atoms with Crippen LogP contribution in [0.25, 0.3) is 0 Å². The lowest BCUT2D eigenvalue weighted by Crippen LogP contribution is -2.58. The maximum Gasteiger partial charge on any atom is 0.311 e. The molecular weight excluding hydrogens is 464 g/mol. The van der Waals surface area contributed by atoms with Crippen molar-refractivity contribution in [3.05, 3.63) is 25.3 Å². The number of aliphatic hydroxyl groups is 1. The number of aliphatic hydroxyl groups excluding tert-OH is 1. The van der Waals surface area contributed by atoms with Crippen LogP contribution in [-0.2, 0) is 19.1 Å². The predicted molar refractivity (Wildman–Crippen MR) is 139 cm³/mol. The van der Waals surface area contributed by atoms with Crippen LogP contribution in [0.2, 0.25) is 0 Å². The van der Waals surface area contributed by atoms with Crippen LogP contribution in [0.15, 0.2) is 25.3 Å². The number of hydrogen-bond acceptors (Lipinski definition) is 6. The van der Waals surface area contributed by atoms with E-state index in [9.17, 15) is 19.5 Å². The molecule has 3 rings (SSSR count). The summed E-state index contributed by atoms with van der Waals surface area (Å²) in [5.74, 6) is -1.91. The Labute approximate surface area is 214 Å². The van der Waals surface area contributed by atoms with E-state index < -0.39 is 33.4 Å². The Kier molecular flexibility index (Phi) is 8.79. The van der Waals surface area contributed by atoms with Gasteiger partial charge < -0.3 is 19.6 Å². The quantitative estimate of drug-likeness (QED) is 0.234. The van der Waals surface area contributed by atoms with E-state index in [0.717, 1.165) is 25.7 Å². The average Bonchev–Trinajstić information content (AvgIpc) is 3.40. The summed E-state index contributed by atoms with van der Waals surface area (Å²) >= 11 is 1.63. The van der Waals surface area contributed by atoms with E-state index in [2.05, 4.69) is 20.1 Å². The van der Waals surface area contributed by atoms with E-state index in [0.29, 0.717) is 19.4 Å². The summed E-state index contributed by atoms with van der Waals surface area (Å²) in [6, 6.07) is -1.26. The lowest BCUT2D eigenvalue weighted by molar-refractivity contribution is -0.156. The number of thioether (sulfide) groups is 1. The van der Waals surface area contributed by atoms with Crippen molar-refractivity contribution in [2.75, 3.05) is 19.8 Å². The molecule has 8 heteroatoms. The Bertz CT molecular complexity index is 849. The van der Waals surface area contributed by atoms with Crippen LogP contribution in [-0.4, -0.2) is 80.1 Å². The van der Waals surface area contributed by atoms with E-state index >= 15 is 0 Å². The summed E-state index contributed by atoms with van der Waals surface area (Å²) in [6.07, 6.45) is 8.15. The number of fused-ring (bicyclic) bond motifs is 1. The third-order valence-electron chi connectivity index (χ3n) is 8.09. The molecule has 7 nitrogen and oxygen atoms in total. The molecule has 196 valence electrons. The predicted octanol–water partition coefficient (Wildman–Crippen LogP) is 3.56. The highest BCUT2D eigenvalue weighted by Crippen LogP contribution is 2.71. The van der Waals surface area contributed by atoms with Crippen molar-refractivity contribution in [1.29, 1.82) is 0 Å². The molecule has 3 aliphatic rings. The van der Waals surface area contributed by atoms with Gasteiger partial charge in [-0.1, -0.05) is 25.5 Å². The van der Waals surface area contributed by atoms with Gasteiger partial charge in [0.25, 0.3) is 0 Å². The first-order chi connectivity index (χ1) is 16.6. The van der Waals surface area contributed by atoms with Crippen molar-refractivity contribution in [3.8, 4) is 0 Å². The van der Waals surface area contributed by atoms with Crippen molar-refractivity contribution < 1.29 is 24.2 Å². The molecule has 7 atom stereocenters. The Morgan fingerprint density at radius 3 is 2.63 bits per heavy atom. The van der Waals surface area contributed by atoms with Crippen LogP contribution in [0, 0.1) is 11.8 Å². The molecular formula is C27H42N2O5S. The summed E-state index contributed by atoms with van der Waals surface area (Å²) in [6.45, 7) is 15.9. The van der Waals surface area contributed by atoms with Gasteiger partial charge in [-0.3, -0.25) is 14.4 Å². The van der Waals surface area contributed by atoms with Gasteiger partial charge in [0.15, 0.2) is 0 Å². The van der Waals surface area contributed by atoms with Crippen LogP contribution < -0.4 is 0 Å². The van der Waals surface area contributed by atoms with E-state index in [1.54, 1.807) is 35.7 Å². The van der Waals surface area contributed by atoms with Gasteiger partial charge in [-0.15, -0.1) is 24.9 Å². The molecule has 0 saturated carbocycles. The molecule has 0 aliphatic carbocycles. The van der Waals surface area contributed by atoms with Crippen LogP contribution in [0.5, 0.6) is 0 Å². The van der Waals surface area contributed by atoms with Crippen molar-refractivity contribution >= 4 is 29.5 Å². The first kappa shape index (κ1) is 27.8. The number of allylic oxidation sites excluding steroid dienone is 1. The van der Waals surface area contributed by atoms with Gasteiger partial charge in [-0.2, -0.15) is 0 Å². The van der Waals surface area contributed by atoms with Crippen molar-refractivity contribution in [2.24, 2.45) is 11.8 Å². The molecule has 3 unspecified atom stereocenters. The van der Waals surface area contributed by atoms with Gasteiger partial charge in [0.2, 0.25) is 11.8 Å². The normalized spacial score (nSPS) is 32.8. The molecule has 0 radical (unpaired) electrons. The summed E-state index contributed by atoms with van der Waals surface area (Å²) in [4.78, 5) is 45.0. The lowest BCUT2D eigenvalue weighted by Gasteiger charge is -2.40. The lowest BCUT2D eigenvalue weighted by atomic mass is 9.66. The van der Waals surface area contributed by atoms with Crippen molar-refractivity contribution in [1.82, 2.24) is 9.80 Å². The number of hydrogen-bond donors (Lipinski definition) is 1. The van der Waals surface area contributed by atoms with Crippen LogP contribution in [0.4, 0.5) is 0 Å². The first-order valence-corrected chi connectivity index (χ1v) is 13.8. The smallest absolute Gasteiger partial charge is 0.311 e. The number of carbonyl (C=O) groups excluding carboxylic acids is 3. The second kappa shape index (κ2) is 11.1. The Morgan fingerprint density at radius 1 is 1.31 bits per heavy atom. The van der Waals surface area contributed by atoms with Crippen molar-refractivity contribution in [3.63, 3.8) is 0 Å². The number of carbonyl (C=O) groups is 3. The largest absolute Gasteiger partial charge is 0.465 e. The molecule has 2 amide bonds. The zero-order chi connectivity index (χ0) is 26.0. The highest BCUT2D eigenvalue weighted by molar-refractivity contribution is 8.02. The molecule has 3 heterocycles. The third kappa shape index (κ3) is 4.68. The second-order valence-corrected chi connectivity index (χ2v) is 12.4. The van der Waals surface area contributed by atoms with Gasteiger partial charge in [0.1, 0.15) is 6.04 Å². The van der Waals surface area contributed by atoms with Gasteiger partial charge in [0.05, 0.1) is 35.8 Å². The first-order valence-electron chi connectivity index (χ1n) is 13.0. The van der Waals surface area contributed by atoms with Gasteiger partial charge in [0, 0.05) is 17.3 Å². The highest BCUT2D eigenvalue weighted by Gasteiger charge is 2.78. The van der Waals surface area contributed by atoms with Crippen LogP contribution in [0.3, 0.4) is 0 Å². The van der Waals surface area contributed by atoms with E-state index in [4.69, 9.17) is 4.74 Å². The van der Waals surface area contributed by atoms with Crippen LogP contribution in [0.1, 0.15) is 66.2 Å². The van der Waals surface area contributed by atoms with E-state index in [1.165, 1.54) is 0 Å². The number of esters is 1. The van der Waals surface area contributed by atoms with Crippen molar-refractivity contribution in [2.45, 2.75) is 93.8 Å². The monoisotopic (exact) mass is 506 g/mol. The number of unbranched alkanes of at least 4 members (excludes halogenated alkanes) is 1. The van der Waals surface area contributed by atoms with Gasteiger partial charge >= 0.3 is 5.97 Å². The number of rotatable bonds is 13. The number of amides is 2. The highest BCUT2D eigenvalue weighted by atomic mass is 32.2. The SMILES string of the molecule is C=CCCCOC(=O)[C@@H]1[C@H]2C(=O)N([C@H](C)CO)C(C(=O)N(CC=C)C(C)CCC)C23CC[C@@]1(C)S3. The number of nitrogens with zero attached hydrogens (tertiary/aromatic N) is 2. The van der Waals surface area contributed by atoms with E-state index in [-0.39, 0.29) is 37.0 Å². The fourth-order valence-electron chi connectivity index (χ4n) is 6.41. The number of likely N-dealkylation sites (tertiary alicyclic amines) is 1. The summed E-state index contributed by atoms with van der Waals surface area (Å²) in [5.41, 5.74) is 0. The average molecular weight is 507 g/mol. The maximum absolute atomic E-state index is 14.2. The fourth-order valence-corrected chi connectivity index (χ4v) is 8.74. The summed E-state index contributed by atoms with van der Waals surface area (Å²) < 4.78 is 4.48. The Balaban J connectivity index is 2.01. The number of ether oxygens (including phenoxy) is 1. The molecule has 0 aromatic carbocycles. The Hall–Kier alpha value is -1.80. The third-order valence-corrected chi connectivity index (χ3v) is 10.1. The topological polar surface area (TPSA) is 87.1 Å². The minimum atomic E-state index is -0.730. The van der Waals surface area contributed by atoms with Gasteiger partial charge in [-0.25, -0.2) is 0 Å². The molecule has 0 aromatic heterocycles. The minimum absolute atomic E-state index is 0.00727.